The molecule has 0 spiro atoms. The maximum atomic E-state index is 13.0. The number of hydrogen-bond donors (Lipinski definition) is 0. The Kier molecular flexibility index (Phi) is 2.23. The normalized spacial score (nSPS) is 40.9. The fourth-order valence-corrected chi connectivity index (χ4v) is 5.08. The molecule has 1 aromatic carbocycles. The van der Waals surface area contributed by atoms with Gasteiger partial charge in [0.1, 0.15) is 0 Å². The SMILES string of the molecule is Cc1ccc(N2C(=O)[C@@H]3[C@H]4C=C[C@@H]([C@@H]5C[C@@H]45)[C@@H]3C2=O)cc1C. The lowest BCUT2D eigenvalue weighted by molar-refractivity contribution is -0.124. The first kappa shape index (κ1) is 12.6. The van der Waals surface area contributed by atoms with Crippen molar-refractivity contribution in [1.29, 1.82) is 0 Å². The second kappa shape index (κ2) is 3.89. The van der Waals surface area contributed by atoms with E-state index in [-0.39, 0.29) is 23.7 Å². The lowest BCUT2D eigenvalue weighted by atomic mass is 9.63. The van der Waals surface area contributed by atoms with E-state index in [9.17, 15) is 9.59 Å². The molecular formula is C19H19NO2. The van der Waals surface area contributed by atoms with E-state index in [4.69, 9.17) is 0 Å². The number of anilines is 1. The number of hydrogen-bond acceptors (Lipinski definition) is 2. The first-order valence-electron chi connectivity index (χ1n) is 8.21. The van der Waals surface area contributed by atoms with Crippen LogP contribution in [0.15, 0.2) is 30.4 Å². The molecule has 0 radical (unpaired) electrons. The van der Waals surface area contributed by atoms with E-state index in [1.807, 2.05) is 32.0 Å². The minimum absolute atomic E-state index is 0.0305. The van der Waals surface area contributed by atoms with Crippen LogP contribution in [0, 0.1) is 49.4 Å². The third kappa shape index (κ3) is 1.37. The Bertz CT molecular complexity index is 714. The summed E-state index contributed by atoms with van der Waals surface area (Å²) in [5.41, 5.74) is 3.06. The van der Waals surface area contributed by atoms with Gasteiger partial charge in [-0.3, -0.25) is 14.5 Å². The molecule has 112 valence electrons. The van der Waals surface area contributed by atoms with Gasteiger partial charge in [0.2, 0.25) is 11.8 Å². The highest BCUT2D eigenvalue weighted by atomic mass is 16.2. The van der Waals surface area contributed by atoms with Crippen LogP contribution >= 0.6 is 0 Å². The molecule has 1 heterocycles. The van der Waals surface area contributed by atoms with E-state index in [1.54, 1.807) is 0 Å². The number of allylic oxidation sites excluding steroid dienone is 2. The third-order valence-corrected chi connectivity index (χ3v) is 6.41. The number of benzene rings is 1. The number of carbonyl (C=O) groups excluding carboxylic acids is 2. The Morgan fingerprint density at radius 1 is 0.909 bits per heavy atom. The summed E-state index contributed by atoms with van der Waals surface area (Å²) in [5.74, 6) is 1.77. The lowest BCUT2D eigenvalue weighted by Gasteiger charge is -2.37. The third-order valence-electron chi connectivity index (χ3n) is 6.41. The molecule has 0 unspecified atom stereocenters. The summed E-state index contributed by atoms with van der Waals surface area (Å²) in [6, 6.07) is 5.88. The first-order valence-corrected chi connectivity index (χ1v) is 8.21. The highest BCUT2D eigenvalue weighted by molar-refractivity contribution is 6.22. The van der Waals surface area contributed by atoms with E-state index >= 15 is 0 Å². The Morgan fingerprint density at radius 3 is 2.05 bits per heavy atom. The fraction of sp³-hybridized carbons (Fsp3) is 0.474. The molecule has 1 aromatic rings. The van der Waals surface area contributed by atoms with Gasteiger partial charge in [-0.25, -0.2) is 0 Å². The lowest BCUT2D eigenvalue weighted by Crippen LogP contribution is -2.40. The van der Waals surface area contributed by atoms with Crippen molar-refractivity contribution in [3.63, 3.8) is 0 Å². The highest BCUT2D eigenvalue weighted by Crippen LogP contribution is 2.65. The molecule has 3 fully saturated rings. The summed E-state index contributed by atoms with van der Waals surface area (Å²) < 4.78 is 0. The summed E-state index contributed by atoms with van der Waals surface area (Å²) in [5, 5.41) is 0. The van der Waals surface area contributed by atoms with Crippen molar-refractivity contribution in [2.45, 2.75) is 20.3 Å². The zero-order chi connectivity index (χ0) is 15.2. The van der Waals surface area contributed by atoms with Crippen LogP contribution in [0.5, 0.6) is 0 Å². The Labute approximate surface area is 130 Å². The molecule has 3 heteroatoms. The maximum absolute atomic E-state index is 13.0. The molecule has 2 saturated carbocycles. The fourth-order valence-electron chi connectivity index (χ4n) is 5.08. The number of carbonyl (C=O) groups is 2. The van der Waals surface area contributed by atoms with Gasteiger partial charge in [-0.15, -0.1) is 0 Å². The van der Waals surface area contributed by atoms with E-state index < -0.39 is 0 Å². The number of nitrogens with zero attached hydrogens (tertiary/aromatic N) is 1. The van der Waals surface area contributed by atoms with Crippen LogP contribution in [0.4, 0.5) is 5.69 Å². The Balaban J connectivity index is 1.58. The molecule has 0 aromatic heterocycles. The molecule has 2 amide bonds. The molecule has 22 heavy (non-hydrogen) atoms. The van der Waals surface area contributed by atoms with Crippen molar-refractivity contribution in [3.8, 4) is 0 Å². The average Bonchev–Trinajstić information content (AvgIpc) is 3.28. The van der Waals surface area contributed by atoms with E-state index in [0.717, 1.165) is 11.3 Å². The van der Waals surface area contributed by atoms with Crippen molar-refractivity contribution < 1.29 is 9.59 Å². The first-order chi connectivity index (χ1) is 10.6. The van der Waals surface area contributed by atoms with Gasteiger partial charge in [0.25, 0.3) is 0 Å². The smallest absolute Gasteiger partial charge is 0.238 e. The molecular weight excluding hydrogens is 274 g/mol. The van der Waals surface area contributed by atoms with Crippen molar-refractivity contribution in [2.24, 2.45) is 35.5 Å². The van der Waals surface area contributed by atoms with Crippen LogP contribution in [0.2, 0.25) is 0 Å². The summed E-state index contributed by atoms with van der Waals surface area (Å²) in [6.07, 6.45) is 5.64. The van der Waals surface area contributed by atoms with Crippen LogP contribution in [0.3, 0.4) is 0 Å². The number of aryl methyl sites for hydroxylation is 2. The molecule has 1 saturated heterocycles. The highest BCUT2D eigenvalue weighted by Gasteiger charge is 2.67. The predicted octanol–water partition coefficient (Wildman–Crippen LogP) is 2.86. The minimum atomic E-state index is -0.104. The molecule has 5 aliphatic rings. The van der Waals surface area contributed by atoms with Gasteiger partial charge < -0.3 is 0 Å². The second-order valence-corrected chi connectivity index (χ2v) is 7.44. The van der Waals surface area contributed by atoms with E-state index in [2.05, 4.69) is 12.2 Å². The molecule has 6 atom stereocenters. The van der Waals surface area contributed by atoms with E-state index in [0.29, 0.717) is 23.7 Å². The van der Waals surface area contributed by atoms with Gasteiger partial charge in [-0.05, 0) is 67.2 Å². The van der Waals surface area contributed by atoms with Gasteiger partial charge in [0.05, 0.1) is 17.5 Å². The van der Waals surface area contributed by atoms with Gasteiger partial charge >= 0.3 is 0 Å². The molecule has 2 bridgehead atoms. The zero-order valence-electron chi connectivity index (χ0n) is 12.8. The van der Waals surface area contributed by atoms with E-state index in [1.165, 1.54) is 16.9 Å². The van der Waals surface area contributed by atoms with Gasteiger partial charge in [0.15, 0.2) is 0 Å². The van der Waals surface area contributed by atoms with Crippen molar-refractivity contribution in [1.82, 2.24) is 0 Å². The Morgan fingerprint density at radius 2 is 1.50 bits per heavy atom. The zero-order valence-corrected chi connectivity index (χ0v) is 12.8. The summed E-state index contributed by atoms with van der Waals surface area (Å²) in [6.45, 7) is 4.07. The van der Waals surface area contributed by atoms with Crippen molar-refractivity contribution >= 4 is 17.5 Å². The monoisotopic (exact) mass is 293 g/mol. The molecule has 1 aliphatic heterocycles. The minimum Gasteiger partial charge on any atom is -0.274 e. The summed E-state index contributed by atoms with van der Waals surface area (Å²) in [7, 11) is 0. The van der Waals surface area contributed by atoms with Gasteiger partial charge in [0, 0.05) is 0 Å². The standard InChI is InChI=1S/C19H19NO2/c1-9-3-4-11(7-10(9)2)20-18(21)16-12-5-6-13(15-8-14(12)15)17(16)19(20)22/h3-7,12-17H,8H2,1-2H3/t12-,13-,14-,15-,16-,17+/m0/s1. The predicted molar refractivity (Wildman–Crippen MR) is 83.1 cm³/mol. The van der Waals surface area contributed by atoms with Crippen LogP contribution in [-0.4, -0.2) is 11.8 Å². The summed E-state index contributed by atoms with van der Waals surface area (Å²) in [4.78, 5) is 27.4. The van der Waals surface area contributed by atoms with Crippen molar-refractivity contribution in [3.05, 3.63) is 41.5 Å². The summed E-state index contributed by atoms with van der Waals surface area (Å²) >= 11 is 0. The quantitative estimate of drug-likeness (QED) is 0.590. The molecule has 0 N–H and O–H groups in total. The van der Waals surface area contributed by atoms with Gasteiger partial charge in [-0.2, -0.15) is 0 Å². The molecule has 3 nitrogen and oxygen atoms in total. The molecule has 4 aliphatic carbocycles. The van der Waals surface area contributed by atoms with Crippen molar-refractivity contribution in [2.75, 3.05) is 4.90 Å². The topological polar surface area (TPSA) is 37.4 Å². The van der Waals surface area contributed by atoms with Crippen LogP contribution in [-0.2, 0) is 9.59 Å². The number of rotatable bonds is 1. The number of amides is 2. The largest absolute Gasteiger partial charge is 0.274 e. The average molecular weight is 293 g/mol. The second-order valence-electron chi connectivity index (χ2n) is 7.44. The maximum Gasteiger partial charge on any atom is 0.238 e. The number of imide groups is 1. The van der Waals surface area contributed by atoms with Crippen LogP contribution in [0.25, 0.3) is 0 Å². The van der Waals surface area contributed by atoms with Gasteiger partial charge in [-0.1, -0.05) is 18.2 Å². The van der Waals surface area contributed by atoms with Crippen LogP contribution in [0.1, 0.15) is 17.5 Å². The van der Waals surface area contributed by atoms with Crippen LogP contribution < -0.4 is 4.90 Å². The Hall–Kier alpha value is -1.90. The molecule has 6 rings (SSSR count).